The summed E-state index contributed by atoms with van der Waals surface area (Å²) in [5, 5.41) is 0. The van der Waals surface area contributed by atoms with E-state index in [1.54, 1.807) is 7.11 Å². The van der Waals surface area contributed by atoms with Gasteiger partial charge in [0, 0.05) is 30.9 Å². The highest BCUT2D eigenvalue weighted by Gasteiger charge is 2.25. The van der Waals surface area contributed by atoms with Gasteiger partial charge in [-0.25, -0.2) is 0 Å². The molecule has 0 spiro atoms. The average molecular weight is 276 g/mol. The number of benzene rings is 1. The highest BCUT2D eigenvalue weighted by molar-refractivity contribution is 5.56. The van der Waals surface area contributed by atoms with Gasteiger partial charge in [-0.1, -0.05) is 26.8 Å². The molecule has 112 valence electrons. The van der Waals surface area contributed by atoms with Crippen molar-refractivity contribution in [3.8, 4) is 5.75 Å². The van der Waals surface area contributed by atoms with Crippen molar-refractivity contribution in [1.82, 2.24) is 4.90 Å². The summed E-state index contributed by atoms with van der Waals surface area (Å²) in [4.78, 5) is 4.78. The summed E-state index contributed by atoms with van der Waals surface area (Å²) in [6.07, 6.45) is 1.23. The Morgan fingerprint density at radius 2 is 1.95 bits per heavy atom. The van der Waals surface area contributed by atoms with Gasteiger partial charge in [0.15, 0.2) is 0 Å². The summed E-state index contributed by atoms with van der Waals surface area (Å²) in [6, 6.07) is 7.31. The van der Waals surface area contributed by atoms with E-state index >= 15 is 0 Å². The molecule has 1 unspecified atom stereocenters. The molecule has 3 heteroatoms. The zero-order valence-electron chi connectivity index (χ0n) is 13.7. The Balaban J connectivity index is 2.23. The molecule has 1 heterocycles. The maximum absolute atomic E-state index is 5.61. The molecular weight excluding hydrogens is 248 g/mol. The molecule has 0 saturated carbocycles. The summed E-state index contributed by atoms with van der Waals surface area (Å²) in [5.74, 6) is 1.00. The highest BCUT2D eigenvalue weighted by atomic mass is 16.5. The van der Waals surface area contributed by atoms with Crippen molar-refractivity contribution in [1.29, 1.82) is 0 Å². The van der Waals surface area contributed by atoms with Gasteiger partial charge < -0.3 is 14.5 Å². The molecule has 3 nitrogen and oxygen atoms in total. The number of hydrogen-bond donors (Lipinski definition) is 0. The van der Waals surface area contributed by atoms with Crippen molar-refractivity contribution in [3.05, 3.63) is 23.8 Å². The molecule has 2 rings (SSSR count). The third-order valence-corrected chi connectivity index (χ3v) is 4.25. The van der Waals surface area contributed by atoms with E-state index in [0.717, 1.165) is 18.8 Å². The van der Waals surface area contributed by atoms with Crippen LogP contribution in [0.4, 0.5) is 5.69 Å². The first-order valence-electron chi connectivity index (χ1n) is 7.43. The molecular formula is C17H28N2O. The SMILES string of the molecule is COc1cc(N2CCC(N(C)C)C2)ccc1C(C)(C)C. The molecule has 1 atom stereocenters. The zero-order chi connectivity index (χ0) is 14.9. The van der Waals surface area contributed by atoms with Crippen molar-refractivity contribution < 1.29 is 4.74 Å². The molecule has 0 aliphatic carbocycles. The largest absolute Gasteiger partial charge is 0.496 e. The van der Waals surface area contributed by atoms with E-state index in [-0.39, 0.29) is 5.41 Å². The number of rotatable bonds is 3. The van der Waals surface area contributed by atoms with E-state index in [1.165, 1.54) is 17.7 Å². The van der Waals surface area contributed by atoms with Gasteiger partial charge in [0.25, 0.3) is 0 Å². The minimum absolute atomic E-state index is 0.112. The van der Waals surface area contributed by atoms with Gasteiger partial charge in [0.05, 0.1) is 7.11 Å². The Labute approximate surface area is 123 Å². The molecule has 1 fully saturated rings. The third-order valence-electron chi connectivity index (χ3n) is 4.25. The smallest absolute Gasteiger partial charge is 0.124 e. The van der Waals surface area contributed by atoms with E-state index < -0.39 is 0 Å². The predicted octanol–water partition coefficient (Wildman–Crippen LogP) is 3.13. The Bertz CT molecular complexity index is 463. The Kier molecular flexibility index (Phi) is 4.28. The third kappa shape index (κ3) is 3.09. The van der Waals surface area contributed by atoms with Gasteiger partial charge in [0.1, 0.15) is 5.75 Å². The van der Waals surface area contributed by atoms with Crippen LogP contribution in [0.2, 0.25) is 0 Å². The van der Waals surface area contributed by atoms with Crippen LogP contribution in [-0.2, 0) is 5.41 Å². The van der Waals surface area contributed by atoms with Crippen LogP contribution in [0.5, 0.6) is 5.75 Å². The average Bonchev–Trinajstić information content (AvgIpc) is 2.86. The lowest BCUT2D eigenvalue weighted by Crippen LogP contribution is -2.31. The summed E-state index contributed by atoms with van der Waals surface area (Å²) >= 11 is 0. The van der Waals surface area contributed by atoms with Crippen molar-refractivity contribution >= 4 is 5.69 Å². The second-order valence-corrected chi connectivity index (χ2v) is 6.99. The van der Waals surface area contributed by atoms with Gasteiger partial charge in [-0.2, -0.15) is 0 Å². The van der Waals surface area contributed by atoms with Crippen LogP contribution in [0.3, 0.4) is 0 Å². The molecule has 1 saturated heterocycles. The highest BCUT2D eigenvalue weighted by Crippen LogP contribution is 2.35. The molecule has 1 aliphatic rings. The Hall–Kier alpha value is -1.22. The van der Waals surface area contributed by atoms with Crippen LogP contribution in [0.15, 0.2) is 18.2 Å². The number of hydrogen-bond acceptors (Lipinski definition) is 3. The number of ether oxygens (including phenoxy) is 1. The van der Waals surface area contributed by atoms with E-state index in [0.29, 0.717) is 6.04 Å². The molecule has 0 aromatic heterocycles. The van der Waals surface area contributed by atoms with E-state index in [4.69, 9.17) is 4.74 Å². The lowest BCUT2D eigenvalue weighted by Gasteiger charge is -2.26. The van der Waals surface area contributed by atoms with Gasteiger partial charge in [0.2, 0.25) is 0 Å². The lowest BCUT2D eigenvalue weighted by atomic mass is 9.86. The van der Waals surface area contributed by atoms with Crippen molar-refractivity contribution in [2.24, 2.45) is 0 Å². The van der Waals surface area contributed by atoms with Gasteiger partial charge in [-0.05, 0) is 37.6 Å². The van der Waals surface area contributed by atoms with E-state index in [1.807, 2.05) is 0 Å². The summed E-state index contributed by atoms with van der Waals surface area (Å²) in [5.41, 5.74) is 2.66. The van der Waals surface area contributed by atoms with Crippen molar-refractivity contribution in [3.63, 3.8) is 0 Å². The molecule has 1 aromatic carbocycles. The molecule has 0 radical (unpaired) electrons. The number of methoxy groups -OCH3 is 1. The number of likely N-dealkylation sites (N-methyl/N-ethyl adjacent to an activating group) is 1. The maximum Gasteiger partial charge on any atom is 0.124 e. The fourth-order valence-electron chi connectivity index (χ4n) is 2.89. The second-order valence-electron chi connectivity index (χ2n) is 6.99. The maximum atomic E-state index is 5.61. The quantitative estimate of drug-likeness (QED) is 0.843. The normalized spacial score (nSPS) is 19.8. The fraction of sp³-hybridized carbons (Fsp3) is 0.647. The minimum atomic E-state index is 0.112. The van der Waals surface area contributed by atoms with Gasteiger partial charge in [-0.15, -0.1) is 0 Å². The molecule has 0 amide bonds. The van der Waals surface area contributed by atoms with Crippen LogP contribution in [0.1, 0.15) is 32.8 Å². The van der Waals surface area contributed by atoms with Gasteiger partial charge in [-0.3, -0.25) is 0 Å². The lowest BCUT2D eigenvalue weighted by molar-refractivity contribution is 0.315. The van der Waals surface area contributed by atoms with Crippen LogP contribution in [-0.4, -0.2) is 45.2 Å². The van der Waals surface area contributed by atoms with E-state index in [2.05, 4.69) is 62.9 Å². The molecule has 0 bridgehead atoms. The predicted molar refractivity (Wildman–Crippen MR) is 86.0 cm³/mol. The van der Waals surface area contributed by atoms with Gasteiger partial charge >= 0.3 is 0 Å². The van der Waals surface area contributed by atoms with Crippen molar-refractivity contribution in [2.75, 3.05) is 39.2 Å². The first-order valence-corrected chi connectivity index (χ1v) is 7.43. The van der Waals surface area contributed by atoms with Crippen LogP contribution in [0, 0.1) is 0 Å². The van der Waals surface area contributed by atoms with E-state index in [9.17, 15) is 0 Å². The molecule has 1 aliphatic heterocycles. The molecule has 1 aromatic rings. The first-order chi connectivity index (χ1) is 9.32. The van der Waals surface area contributed by atoms with Crippen LogP contribution < -0.4 is 9.64 Å². The Morgan fingerprint density at radius 3 is 2.45 bits per heavy atom. The second kappa shape index (κ2) is 5.65. The molecule has 20 heavy (non-hydrogen) atoms. The first kappa shape index (κ1) is 15.2. The number of anilines is 1. The zero-order valence-corrected chi connectivity index (χ0v) is 13.7. The van der Waals surface area contributed by atoms with Crippen LogP contribution >= 0.6 is 0 Å². The van der Waals surface area contributed by atoms with Crippen molar-refractivity contribution in [2.45, 2.75) is 38.6 Å². The summed E-state index contributed by atoms with van der Waals surface area (Å²) in [6.45, 7) is 8.90. The number of nitrogens with zero attached hydrogens (tertiary/aromatic N) is 2. The minimum Gasteiger partial charge on any atom is -0.496 e. The molecule has 0 N–H and O–H groups in total. The standard InChI is InChI=1S/C17H28N2O/c1-17(2,3)15-8-7-13(11-16(15)20-6)19-10-9-14(12-19)18(4)5/h7-8,11,14H,9-10,12H2,1-6H3. The summed E-state index contributed by atoms with van der Waals surface area (Å²) < 4.78 is 5.61. The van der Waals surface area contributed by atoms with Crippen LogP contribution in [0.25, 0.3) is 0 Å². The summed E-state index contributed by atoms with van der Waals surface area (Å²) in [7, 11) is 6.09. The Morgan fingerprint density at radius 1 is 1.25 bits per heavy atom. The fourth-order valence-corrected chi connectivity index (χ4v) is 2.89. The monoisotopic (exact) mass is 276 g/mol. The topological polar surface area (TPSA) is 15.7 Å².